The third-order valence-electron chi connectivity index (χ3n) is 3.22. The Morgan fingerprint density at radius 3 is 2.79 bits per heavy atom. The van der Waals surface area contributed by atoms with Crippen LogP contribution in [0.2, 0.25) is 0 Å². The first-order valence-corrected chi connectivity index (χ1v) is 6.49. The van der Waals surface area contributed by atoms with Gasteiger partial charge in [-0.25, -0.2) is 0 Å². The molecule has 0 atom stereocenters. The predicted octanol–water partition coefficient (Wildman–Crippen LogP) is 2.36. The van der Waals surface area contributed by atoms with E-state index in [1.807, 2.05) is 36.9 Å². The van der Waals surface area contributed by atoms with Gasteiger partial charge in [0.1, 0.15) is 12.4 Å². The summed E-state index contributed by atoms with van der Waals surface area (Å²) in [5, 5.41) is 13.7. The maximum Gasteiger partial charge on any atom is 0.130 e. The van der Waals surface area contributed by atoms with Crippen molar-refractivity contribution in [3.05, 3.63) is 46.8 Å². The lowest BCUT2D eigenvalue weighted by Crippen LogP contribution is -2.05. The highest BCUT2D eigenvalue weighted by molar-refractivity contribution is 5.40. The summed E-state index contributed by atoms with van der Waals surface area (Å²) < 4.78 is 7.71. The van der Waals surface area contributed by atoms with Crippen LogP contribution in [0.25, 0.3) is 0 Å². The van der Waals surface area contributed by atoms with Crippen LogP contribution < -0.4 is 4.74 Å². The van der Waals surface area contributed by atoms with Gasteiger partial charge in [-0.3, -0.25) is 4.68 Å². The van der Waals surface area contributed by atoms with Crippen LogP contribution in [0, 0.1) is 6.92 Å². The summed E-state index contributed by atoms with van der Waals surface area (Å²) in [6, 6.07) is 7.84. The third kappa shape index (κ3) is 2.96. The highest BCUT2D eigenvalue weighted by atomic mass is 16.5. The Bertz CT molecular complexity index is 561. The zero-order valence-electron chi connectivity index (χ0n) is 11.7. The molecule has 1 aromatic carbocycles. The van der Waals surface area contributed by atoms with Gasteiger partial charge in [0.25, 0.3) is 0 Å². The molecule has 1 heterocycles. The van der Waals surface area contributed by atoms with Gasteiger partial charge in [0.15, 0.2) is 0 Å². The van der Waals surface area contributed by atoms with E-state index in [1.165, 1.54) is 0 Å². The number of para-hydroxylation sites is 1. The van der Waals surface area contributed by atoms with Crippen LogP contribution in [0.5, 0.6) is 5.75 Å². The Balaban J connectivity index is 2.16. The summed E-state index contributed by atoms with van der Waals surface area (Å²) in [5.41, 5.74) is 3.94. The molecule has 0 unspecified atom stereocenters. The monoisotopic (exact) mass is 260 g/mol. The maximum absolute atomic E-state index is 9.34. The topological polar surface area (TPSA) is 47.3 Å². The molecule has 0 radical (unpaired) electrons. The number of ether oxygens (including phenoxy) is 1. The van der Waals surface area contributed by atoms with Crippen LogP contribution >= 0.6 is 0 Å². The van der Waals surface area contributed by atoms with Crippen molar-refractivity contribution in [1.29, 1.82) is 0 Å². The minimum absolute atomic E-state index is 0.0113. The SMILES string of the molecule is CCc1cc(COc2c(C)cccc2CO)n(C)n1. The van der Waals surface area contributed by atoms with Crippen molar-refractivity contribution >= 4 is 0 Å². The second-order valence-electron chi connectivity index (χ2n) is 4.61. The molecule has 0 amide bonds. The fraction of sp³-hybridized carbons (Fsp3) is 0.400. The molecule has 102 valence electrons. The summed E-state index contributed by atoms with van der Waals surface area (Å²) >= 11 is 0. The third-order valence-corrected chi connectivity index (χ3v) is 3.22. The number of hydrogen-bond donors (Lipinski definition) is 1. The first kappa shape index (κ1) is 13.6. The Kier molecular flexibility index (Phi) is 4.22. The molecule has 0 saturated carbocycles. The van der Waals surface area contributed by atoms with E-state index in [0.29, 0.717) is 6.61 Å². The molecule has 4 heteroatoms. The van der Waals surface area contributed by atoms with E-state index >= 15 is 0 Å². The molecule has 0 fully saturated rings. The number of aliphatic hydroxyl groups excluding tert-OH is 1. The van der Waals surface area contributed by atoms with Gasteiger partial charge in [-0.15, -0.1) is 0 Å². The molecule has 0 bridgehead atoms. The summed E-state index contributed by atoms with van der Waals surface area (Å²) in [4.78, 5) is 0. The van der Waals surface area contributed by atoms with Gasteiger partial charge in [0, 0.05) is 12.6 Å². The molecular formula is C15H20N2O2. The van der Waals surface area contributed by atoms with Crippen LogP contribution in [0.1, 0.15) is 29.4 Å². The second-order valence-corrected chi connectivity index (χ2v) is 4.61. The normalized spacial score (nSPS) is 10.7. The summed E-state index contributed by atoms with van der Waals surface area (Å²) in [6.07, 6.45) is 0.917. The first-order chi connectivity index (χ1) is 9.15. The number of benzene rings is 1. The van der Waals surface area contributed by atoms with E-state index in [2.05, 4.69) is 18.1 Å². The average Bonchev–Trinajstić information content (AvgIpc) is 2.77. The highest BCUT2D eigenvalue weighted by Gasteiger charge is 2.09. The van der Waals surface area contributed by atoms with Crippen LogP contribution in [-0.2, 0) is 26.7 Å². The Hall–Kier alpha value is -1.81. The second kappa shape index (κ2) is 5.89. The van der Waals surface area contributed by atoms with Gasteiger partial charge in [-0.2, -0.15) is 5.10 Å². The van der Waals surface area contributed by atoms with Crippen molar-refractivity contribution in [3.63, 3.8) is 0 Å². The van der Waals surface area contributed by atoms with Gasteiger partial charge in [-0.05, 0) is 25.0 Å². The Morgan fingerprint density at radius 1 is 1.37 bits per heavy atom. The summed E-state index contributed by atoms with van der Waals surface area (Å²) in [6.45, 7) is 4.51. The van der Waals surface area contributed by atoms with E-state index in [1.54, 1.807) is 0 Å². The van der Waals surface area contributed by atoms with Gasteiger partial charge < -0.3 is 9.84 Å². The van der Waals surface area contributed by atoms with Gasteiger partial charge >= 0.3 is 0 Å². The molecule has 4 nitrogen and oxygen atoms in total. The van der Waals surface area contributed by atoms with Crippen LogP contribution in [-0.4, -0.2) is 14.9 Å². The molecule has 0 saturated heterocycles. The number of aliphatic hydroxyl groups is 1. The number of aryl methyl sites for hydroxylation is 3. The molecule has 0 aliphatic rings. The molecule has 0 aliphatic carbocycles. The Labute approximate surface area is 113 Å². The van der Waals surface area contributed by atoms with Crippen molar-refractivity contribution in [1.82, 2.24) is 9.78 Å². The standard InChI is InChI=1S/C15H20N2O2/c1-4-13-8-14(17(3)16-13)10-19-15-11(2)6-5-7-12(15)9-18/h5-8,18H,4,9-10H2,1-3H3. The average molecular weight is 260 g/mol. The van der Waals surface area contributed by atoms with Crippen LogP contribution in [0.4, 0.5) is 0 Å². The summed E-state index contributed by atoms with van der Waals surface area (Å²) in [7, 11) is 1.92. The number of rotatable bonds is 5. The zero-order valence-corrected chi connectivity index (χ0v) is 11.7. The molecular weight excluding hydrogens is 240 g/mol. The summed E-state index contributed by atoms with van der Waals surface area (Å²) in [5.74, 6) is 0.768. The molecule has 1 aromatic heterocycles. The highest BCUT2D eigenvalue weighted by Crippen LogP contribution is 2.24. The number of nitrogens with zero attached hydrogens (tertiary/aromatic N) is 2. The van der Waals surface area contributed by atoms with Crippen LogP contribution in [0.3, 0.4) is 0 Å². The maximum atomic E-state index is 9.34. The van der Waals surface area contributed by atoms with Gasteiger partial charge in [-0.1, -0.05) is 25.1 Å². The molecule has 2 rings (SSSR count). The molecule has 19 heavy (non-hydrogen) atoms. The van der Waals surface area contributed by atoms with Gasteiger partial charge in [0.2, 0.25) is 0 Å². The van der Waals surface area contributed by atoms with E-state index in [9.17, 15) is 5.11 Å². The molecule has 1 N–H and O–H groups in total. The van der Waals surface area contributed by atoms with E-state index in [4.69, 9.17) is 4.74 Å². The quantitative estimate of drug-likeness (QED) is 0.897. The van der Waals surface area contributed by atoms with Gasteiger partial charge in [0.05, 0.1) is 18.0 Å². The zero-order chi connectivity index (χ0) is 13.8. The lowest BCUT2D eigenvalue weighted by atomic mass is 10.1. The Morgan fingerprint density at radius 2 is 2.16 bits per heavy atom. The fourth-order valence-corrected chi connectivity index (χ4v) is 2.07. The molecule has 2 aromatic rings. The lowest BCUT2D eigenvalue weighted by molar-refractivity contribution is 0.254. The van der Waals surface area contributed by atoms with Crippen LogP contribution in [0.15, 0.2) is 24.3 Å². The van der Waals surface area contributed by atoms with Crippen molar-refractivity contribution in [2.45, 2.75) is 33.5 Å². The van der Waals surface area contributed by atoms with E-state index in [-0.39, 0.29) is 6.61 Å². The minimum Gasteiger partial charge on any atom is -0.487 e. The van der Waals surface area contributed by atoms with Crippen molar-refractivity contribution < 1.29 is 9.84 Å². The largest absolute Gasteiger partial charge is 0.487 e. The predicted molar refractivity (Wildman–Crippen MR) is 74.0 cm³/mol. The van der Waals surface area contributed by atoms with Crippen molar-refractivity contribution in [3.8, 4) is 5.75 Å². The first-order valence-electron chi connectivity index (χ1n) is 6.49. The van der Waals surface area contributed by atoms with E-state index < -0.39 is 0 Å². The molecule has 0 aliphatic heterocycles. The molecule has 0 spiro atoms. The van der Waals surface area contributed by atoms with E-state index in [0.717, 1.165) is 34.7 Å². The number of aromatic nitrogens is 2. The minimum atomic E-state index is -0.0113. The lowest BCUT2D eigenvalue weighted by Gasteiger charge is -2.12. The van der Waals surface area contributed by atoms with Crippen molar-refractivity contribution in [2.24, 2.45) is 7.05 Å². The fourth-order valence-electron chi connectivity index (χ4n) is 2.07. The smallest absolute Gasteiger partial charge is 0.130 e. The van der Waals surface area contributed by atoms with Crippen molar-refractivity contribution in [2.75, 3.05) is 0 Å². The number of hydrogen-bond acceptors (Lipinski definition) is 3.